The Kier molecular flexibility index (Phi) is 6.99. The maximum Gasteiger partial charge on any atom is 0.416 e. The third kappa shape index (κ3) is 5.82. The number of hydrogen-bond acceptors (Lipinski definition) is 5. The molecule has 2 amide bonds. The average molecular weight is 520 g/mol. The largest absolute Gasteiger partial charge is 0.481 e. The molecule has 166 valence electrons. The third-order valence-electron chi connectivity index (χ3n) is 4.78. The van der Waals surface area contributed by atoms with Gasteiger partial charge < -0.3 is 10.4 Å². The number of urea groups is 1. The first kappa shape index (κ1) is 23.2. The summed E-state index contributed by atoms with van der Waals surface area (Å²) in [5, 5.41) is 13.8. The Morgan fingerprint density at radius 3 is 2.48 bits per heavy atom. The molecule has 0 radical (unpaired) electrons. The molecule has 0 saturated heterocycles. The van der Waals surface area contributed by atoms with Crippen LogP contribution in [0.5, 0.6) is 0 Å². The molecule has 1 heterocycles. The van der Waals surface area contributed by atoms with Gasteiger partial charge in [-0.25, -0.2) is 9.78 Å². The number of carboxylic acids is 1. The third-order valence-corrected chi connectivity index (χ3v) is 6.52. The minimum atomic E-state index is -4.63. The molecule has 1 saturated carbocycles. The number of halogens is 4. The van der Waals surface area contributed by atoms with Crippen LogP contribution in [0.15, 0.2) is 22.0 Å². The van der Waals surface area contributed by atoms with Gasteiger partial charge in [0, 0.05) is 11.5 Å². The lowest BCUT2D eigenvalue weighted by atomic mass is 9.93. The van der Waals surface area contributed by atoms with E-state index in [0.717, 1.165) is 42.4 Å². The van der Waals surface area contributed by atoms with E-state index in [4.69, 9.17) is 5.11 Å². The highest BCUT2D eigenvalue weighted by molar-refractivity contribution is 9.11. The molecule has 3 rings (SSSR count). The molecule has 0 aliphatic heterocycles. The summed E-state index contributed by atoms with van der Waals surface area (Å²) in [7, 11) is 0. The molecule has 1 aromatic heterocycles. The van der Waals surface area contributed by atoms with E-state index >= 15 is 0 Å². The highest BCUT2D eigenvalue weighted by Crippen LogP contribution is 2.35. The van der Waals surface area contributed by atoms with Crippen LogP contribution in [0.1, 0.15) is 47.3 Å². The van der Waals surface area contributed by atoms with Gasteiger partial charge in [0.05, 0.1) is 27.2 Å². The predicted molar refractivity (Wildman–Crippen MR) is 112 cm³/mol. The number of carboxylic acid groups (broad SMARTS) is 1. The van der Waals surface area contributed by atoms with Crippen LogP contribution in [0.2, 0.25) is 0 Å². The van der Waals surface area contributed by atoms with Crippen LogP contribution in [0.4, 0.5) is 28.8 Å². The number of amides is 2. The van der Waals surface area contributed by atoms with Gasteiger partial charge in [0.25, 0.3) is 0 Å². The van der Waals surface area contributed by atoms with Gasteiger partial charge in [-0.1, -0.05) is 24.2 Å². The van der Waals surface area contributed by atoms with E-state index in [-0.39, 0.29) is 34.4 Å². The number of Topliss-reactive ketones (excluding diaryl/α,β-unsaturated/α-hetero) is 1. The van der Waals surface area contributed by atoms with Crippen LogP contribution in [-0.4, -0.2) is 27.9 Å². The topological polar surface area (TPSA) is 108 Å². The van der Waals surface area contributed by atoms with E-state index < -0.39 is 29.5 Å². The number of carbonyl (C=O) groups excluding carboxylic acids is 2. The van der Waals surface area contributed by atoms with Gasteiger partial charge >= 0.3 is 18.2 Å². The Bertz CT molecular complexity index is 1020. The van der Waals surface area contributed by atoms with Gasteiger partial charge in [-0.15, -0.1) is 0 Å². The second kappa shape index (κ2) is 9.35. The minimum absolute atomic E-state index is 0.0382. The number of carbonyl (C=O) groups is 3. The zero-order valence-corrected chi connectivity index (χ0v) is 18.3. The minimum Gasteiger partial charge on any atom is -0.481 e. The molecule has 31 heavy (non-hydrogen) atoms. The lowest BCUT2D eigenvalue weighted by Crippen LogP contribution is -2.23. The number of aliphatic carboxylic acids is 1. The number of hydrogen-bond donors (Lipinski definition) is 3. The second-order valence-corrected chi connectivity index (χ2v) is 9.31. The molecule has 0 atom stereocenters. The second-order valence-electron chi connectivity index (χ2n) is 6.99. The number of nitrogens with zero attached hydrogens (tertiary/aromatic N) is 1. The zero-order chi connectivity index (χ0) is 22.8. The van der Waals surface area contributed by atoms with Crippen LogP contribution in [-0.2, 0) is 17.4 Å². The van der Waals surface area contributed by atoms with Crippen molar-refractivity contribution in [2.75, 3.05) is 10.6 Å². The SMILES string of the molecule is O=C(O)Cc1nc(NC(=O)Nc2ccc(C(F)(F)F)cc2C(=O)C2CCCC2)sc1Br. The first-order valence-corrected chi connectivity index (χ1v) is 10.9. The predicted octanol–water partition coefficient (Wildman–Crippen LogP) is 5.57. The molecule has 1 aliphatic rings. The summed E-state index contributed by atoms with van der Waals surface area (Å²) in [6, 6.07) is 1.80. The zero-order valence-electron chi connectivity index (χ0n) is 15.9. The van der Waals surface area contributed by atoms with Crippen molar-refractivity contribution in [3.8, 4) is 0 Å². The molecule has 0 bridgehead atoms. The van der Waals surface area contributed by atoms with Crippen molar-refractivity contribution in [3.05, 3.63) is 38.8 Å². The van der Waals surface area contributed by atoms with Crippen LogP contribution < -0.4 is 10.6 Å². The summed E-state index contributed by atoms with van der Waals surface area (Å²) in [4.78, 5) is 40.0. The van der Waals surface area contributed by atoms with Crippen molar-refractivity contribution in [2.45, 2.75) is 38.3 Å². The highest BCUT2D eigenvalue weighted by atomic mass is 79.9. The fourth-order valence-corrected chi connectivity index (χ4v) is 4.72. The quantitative estimate of drug-likeness (QED) is 0.432. The normalized spacial score (nSPS) is 14.5. The van der Waals surface area contributed by atoms with Crippen molar-refractivity contribution in [2.24, 2.45) is 5.92 Å². The van der Waals surface area contributed by atoms with E-state index in [0.29, 0.717) is 16.6 Å². The molecule has 0 unspecified atom stereocenters. The van der Waals surface area contributed by atoms with E-state index in [1.807, 2.05) is 0 Å². The van der Waals surface area contributed by atoms with Gasteiger partial charge in [-0.3, -0.25) is 14.9 Å². The Morgan fingerprint density at radius 2 is 1.87 bits per heavy atom. The summed E-state index contributed by atoms with van der Waals surface area (Å²) in [6.07, 6.45) is -2.12. The van der Waals surface area contributed by atoms with Crippen molar-refractivity contribution in [3.63, 3.8) is 0 Å². The number of anilines is 2. The molecule has 3 N–H and O–H groups in total. The van der Waals surface area contributed by atoms with Gasteiger partial charge in [0.15, 0.2) is 10.9 Å². The monoisotopic (exact) mass is 519 g/mol. The summed E-state index contributed by atoms with van der Waals surface area (Å²) in [6.45, 7) is 0. The number of alkyl halides is 3. The fourth-order valence-electron chi connectivity index (χ4n) is 3.33. The maximum atomic E-state index is 13.2. The van der Waals surface area contributed by atoms with E-state index in [1.54, 1.807) is 0 Å². The molecule has 7 nitrogen and oxygen atoms in total. The molecular weight excluding hydrogens is 503 g/mol. The number of thiazole rings is 1. The number of rotatable bonds is 6. The van der Waals surface area contributed by atoms with Crippen LogP contribution in [0, 0.1) is 5.92 Å². The number of nitrogens with one attached hydrogen (secondary N) is 2. The van der Waals surface area contributed by atoms with Crippen LogP contribution in [0.3, 0.4) is 0 Å². The Balaban J connectivity index is 1.82. The van der Waals surface area contributed by atoms with Crippen molar-refractivity contribution < 1.29 is 32.7 Å². The lowest BCUT2D eigenvalue weighted by molar-refractivity contribution is -0.138. The summed E-state index contributed by atoms with van der Waals surface area (Å²) in [5.41, 5.74) is -0.978. The van der Waals surface area contributed by atoms with Gasteiger partial charge in [0.2, 0.25) is 0 Å². The number of benzene rings is 1. The highest BCUT2D eigenvalue weighted by Gasteiger charge is 2.33. The number of aromatic nitrogens is 1. The summed E-state index contributed by atoms with van der Waals surface area (Å²) < 4.78 is 39.9. The van der Waals surface area contributed by atoms with E-state index in [1.165, 1.54) is 0 Å². The van der Waals surface area contributed by atoms with Crippen molar-refractivity contribution in [1.29, 1.82) is 0 Å². The standard InChI is InChI=1S/C19H17BrF3N3O4S/c20-16-13(8-14(27)28)25-18(31-16)26-17(30)24-12-6-5-10(19(21,22)23)7-11(12)15(29)9-3-1-2-4-9/h5-7,9H,1-4,8H2,(H,27,28)(H2,24,25,26,30). The average Bonchev–Trinajstić information content (AvgIpc) is 3.30. The molecule has 2 aromatic rings. The van der Waals surface area contributed by atoms with Crippen molar-refractivity contribution in [1.82, 2.24) is 4.98 Å². The Labute approximate surface area is 187 Å². The molecule has 0 spiro atoms. The molecule has 1 aliphatic carbocycles. The lowest BCUT2D eigenvalue weighted by Gasteiger charge is -2.16. The molecule has 1 fully saturated rings. The summed E-state index contributed by atoms with van der Waals surface area (Å²) >= 11 is 4.15. The van der Waals surface area contributed by atoms with E-state index in [2.05, 4.69) is 31.5 Å². The van der Waals surface area contributed by atoms with Gasteiger partial charge in [0.1, 0.15) is 0 Å². The van der Waals surface area contributed by atoms with E-state index in [9.17, 15) is 27.6 Å². The fraction of sp³-hybridized carbons (Fsp3) is 0.368. The van der Waals surface area contributed by atoms with Crippen LogP contribution >= 0.6 is 27.3 Å². The number of ketones is 1. The first-order chi connectivity index (χ1) is 14.5. The smallest absolute Gasteiger partial charge is 0.416 e. The molecular formula is C19H17BrF3N3O4S. The maximum absolute atomic E-state index is 13.2. The van der Waals surface area contributed by atoms with Crippen molar-refractivity contribution >= 4 is 55.9 Å². The first-order valence-electron chi connectivity index (χ1n) is 9.25. The summed E-state index contributed by atoms with van der Waals surface area (Å²) in [5.74, 6) is -1.90. The Hall–Kier alpha value is -2.47. The molecule has 1 aromatic carbocycles. The van der Waals surface area contributed by atoms with Gasteiger partial charge in [-0.2, -0.15) is 13.2 Å². The van der Waals surface area contributed by atoms with Gasteiger partial charge in [-0.05, 0) is 47.0 Å². The van der Waals surface area contributed by atoms with Crippen LogP contribution in [0.25, 0.3) is 0 Å². The molecule has 12 heteroatoms. The Morgan fingerprint density at radius 1 is 1.19 bits per heavy atom.